The summed E-state index contributed by atoms with van der Waals surface area (Å²) in [4.78, 5) is 16.0. The van der Waals surface area contributed by atoms with Gasteiger partial charge in [-0.15, -0.1) is 0 Å². The summed E-state index contributed by atoms with van der Waals surface area (Å²) in [6.45, 7) is 6.49. The summed E-state index contributed by atoms with van der Waals surface area (Å²) in [6, 6.07) is 0. The number of nitrogens with zero attached hydrogens (tertiary/aromatic N) is 1. The Labute approximate surface area is 80.3 Å². The van der Waals surface area contributed by atoms with Crippen molar-refractivity contribution in [1.29, 1.82) is 0 Å². The molecule has 1 aliphatic heterocycles. The van der Waals surface area contributed by atoms with Crippen LogP contribution in [0.25, 0.3) is 12.8 Å². The Balaban J connectivity index is 2.28. The molecule has 2 heterocycles. The van der Waals surface area contributed by atoms with Crippen LogP contribution >= 0.6 is 0 Å². The van der Waals surface area contributed by atoms with Crippen LogP contribution in [0.2, 0.25) is 0 Å². The van der Waals surface area contributed by atoms with Gasteiger partial charge in [-0.2, -0.15) is 0 Å². The summed E-state index contributed by atoms with van der Waals surface area (Å²) >= 11 is 0. The quantitative estimate of drug-likeness (QED) is 0.590. The molecule has 76 valence electrons. The molecule has 2 rings (SSSR count). The molecule has 1 fully saturated rings. The third-order valence-corrected chi connectivity index (χ3v) is 2.07. The molecular formula is C9H12N2O3. The van der Waals surface area contributed by atoms with Gasteiger partial charge in [-0.25, -0.2) is 4.79 Å². The van der Waals surface area contributed by atoms with E-state index in [1.165, 1.54) is 0 Å². The van der Waals surface area contributed by atoms with Crippen molar-refractivity contribution in [3.8, 4) is 0 Å². The first-order valence-corrected chi connectivity index (χ1v) is 4.47. The molecule has 1 aliphatic rings. The van der Waals surface area contributed by atoms with Crippen LogP contribution < -0.4 is 16.5 Å². The summed E-state index contributed by atoms with van der Waals surface area (Å²) in [5, 5.41) is 0.442. The number of morpholine rings is 1. The molecule has 5 heteroatoms. The summed E-state index contributed by atoms with van der Waals surface area (Å²) in [6.07, 6.45) is 1.75. The Morgan fingerprint density at radius 2 is 2.14 bits per heavy atom. The zero-order chi connectivity index (χ0) is 9.97. The van der Waals surface area contributed by atoms with Crippen molar-refractivity contribution in [1.82, 2.24) is 9.88 Å². The maximum atomic E-state index is 11.2. The zero-order valence-electron chi connectivity index (χ0n) is 7.78. The number of ether oxygens (including phenoxy) is 1. The first-order chi connectivity index (χ1) is 6.75. The van der Waals surface area contributed by atoms with Gasteiger partial charge in [0.2, 0.25) is 0 Å². The van der Waals surface area contributed by atoms with Crippen molar-refractivity contribution in [3.05, 3.63) is 21.3 Å². The number of hydrogen-bond donors (Lipinski definition) is 1. The molecule has 1 aromatic rings. The van der Waals surface area contributed by atoms with Gasteiger partial charge in [-0.05, 0) is 6.58 Å². The van der Waals surface area contributed by atoms with Crippen molar-refractivity contribution in [2.75, 3.05) is 26.3 Å². The lowest BCUT2D eigenvalue weighted by Gasteiger charge is -2.24. The first-order valence-electron chi connectivity index (χ1n) is 4.47. The normalized spacial score (nSPS) is 18.9. The van der Waals surface area contributed by atoms with Crippen molar-refractivity contribution in [2.24, 2.45) is 0 Å². The van der Waals surface area contributed by atoms with Crippen LogP contribution in [0.4, 0.5) is 0 Å². The fraction of sp³-hybridized carbons (Fsp3) is 0.444. The lowest BCUT2D eigenvalue weighted by molar-refractivity contribution is 0.0662. The highest BCUT2D eigenvalue weighted by atomic mass is 16.5. The minimum Gasteiger partial charge on any atom is -0.405 e. The number of H-pyrrole nitrogens is 1. The third-order valence-electron chi connectivity index (χ3n) is 2.07. The topological polar surface area (TPSA) is 58.5 Å². The van der Waals surface area contributed by atoms with Gasteiger partial charge < -0.3 is 19.0 Å². The average Bonchev–Trinajstić information content (AvgIpc) is 2.47. The fourth-order valence-corrected chi connectivity index (χ4v) is 1.37. The molecular weight excluding hydrogens is 184 g/mol. The molecule has 0 aliphatic carbocycles. The summed E-state index contributed by atoms with van der Waals surface area (Å²) in [5.74, 6) is 0. The molecule has 0 atom stereocenters. The van der Waals surface area contributed by atoms with Gasteiger partial charge in [-0.1, -0.05) is 0 Å². The van der Waals surface area contributed by atoms with E-state index in [1.54, 1.807) is 6.20 Å². The Hall–Kier alpha value is -1.49. The SMILES string of the molecule is C=c1[nH]c(=CN2CCOCC2)c(=O)o1. The highest BCUT2D eigenvalue weighted by Crippen LogP contribution is 1.95. The van der Waals surface area contributed by atoms with E-state index in [0.717, 1.165) is 13.1 Å². The highest BCUT2D eigenvalue weighted by Gasteiger charge is 2.06. The second-order valence-corrected chi connectivity index (χ2v) is 3.13. The van der Waals surface area contributed by atoms with Crippen molar-refractivity contribution in [2.45, 2.75) is 0 Å². The van der Waals surface area contributed by atoms with Crippen LogP contribution in [0.5, 0.6) is 0 Å². The van der Waals surface area contributed by atoms with Crippen LogP contribution in [-0.4, -0.2) is 36.2 Å². The standard InChI is InChI=1S/C9H12N2O3/c1-7-10-8(9(12)14-7)6-11-2-4-13-5-3-11/h6,10H,1-5H2. The summed E-state index contributed by atoms with van der Waals surface area (Å²) in [5.41, 5.74) is -0.0870. The van der Waals surface area contributed by atoms with Gasteiger partial charge in [0.25, 0.3) is 0 Å². The molecule has 0 spiro atoms. The Morgan fingerprint density at radius 1 is 1.43 bits per heavy atom. The van der Waals surface area contributed by atoms with E-state index in [9.17, 15) is 4.79 Å². The maximum Gasteiger partial charge on any atom is 0.363 e. The second-order valence-electron chi connectivity index (χ2n) is 3.13. The molecule has 5 nitrogen and oxygen atoms in total. The minimum atomic E-state index is -0.374. The van der Waals surface area contributed by atoms with Crippen LogP contribution in [0.3, 0.4) is 0 Å². The van der Waals surface area contributed by atoms with Crippen LogP contribution in [0.15, 0.2) is 9.21 Å². The van der Waals surface area contributed by atoms with E-state index in [-0.39, 0.29) is 11.2 Å². The molecule has 0 amide bonds. The van der Waals surface area contributed by atoms with Crippen LogP contribution in [-0.2, 0) is 4.74 Å². The molecule has 1 N–H and O–H groups in total. The van der Waals surface area contributed by atoms with Crippen LogP contribution in [0, 0.1) is 0 Å². The Morgan fingerprint density at radius 3 is 2.71 bits per heavy atom. The van der Waals surface area contributed by atoms with Gasteiger partial charge >= 0.3 is 5.63 Å². The minimum absolute atomic E-state index is 0.287. The molecule has 0 unspecified atom stereocenters. The number of oxazole rings is 1. The highest BCUT2D eigenvalue weighted by molar-refractivity contribution is 5.15. The number of nitrogens with one attached hydrogen (secondary N) is 1. The van der Waals surface area contributed by atoms with Crippen molar-refractivity contribution in [3.63, 3.8) is 0 Å². The number of aromatic amines is 1. The van der Waals surface area contributed by atoms with E-state index in [2.05, 4.69) is 11.6 Å². The molecule has 0 bridgehead atoms. The van der Waals surface area contributed by atoms with E-state index < -0.39 is 0 Å². The lowest BCUT2D eigenvalue weighted by Crippen LogP contribution is -2.35. The van der Waals surface area contributed by atoms with Gasteiger partial charge in [0.15, 0.2) is 5.55 Å². The summed E-state index contributed by atoms with van der Waals surface area (Å²) < 4.78 is 9.93. The first kappa shape index (κ1) is 9.08. The molecule has 0 saturated carbocycles. The predicted octanol–water partition coefficient (Wildman–Crippen LogP) is -1.55. The van der Waals surface area contributed by atoms with Gasteiger partial charge in [-0.3, -0.25) is 0 Å². The molecule has 1 aromatic heterocycles. The van der Waals surface area contributed by atoms with E-state index in [1.807, 2.05) is 4.90 Å². The summed E-state index contributed by atoms with van der Waals surface area (Å²) in [7, 11) is 0. The van der Waals surface area contributed by atoms with Gasteiger partial charge in [0, 0.05) is 19.3 Å². The average molecular weight is 196 g/mol. The number of rotatable bonds is 1. The Bertz CT molecular complexity index is 453. The molecule has 0 radical (unpaired) electrons. The third kappa shape index (κ3) is 1.88. The van der Waals surface area contributed by atoms with E-state index in [0.29, 0.717) is 18.6 Å². The number of aromatic nitrogens is 1. The van der Waals surface area contributed by atoms with E-state index >= 15 is 0 Å². The maximum absolute atomic E-state index is 11.2. The molecule has 0 aromatic carbocycles. The van der Waals surface area contributed by atoms with Gasteiger partial charge in [0.1, 0.15) is 5.35 Å². The zero-order valence-corrected chi connectivity index (χ0v) is 7.78. The van der Waals surface area contributed by atoms with E-state index in [4.69, 9.17) is 9.15 Å². The number of hydrogen-bond acceptors (Lipinski definition) is 4. The fourth-order valence-electron chi connectivity index (χ4n) is 1.37. The van der Waals surface area contributed by atoms with Gasteiger partial charge in [0.05, 0.1) is 13.2 Å². The molecule has 1 saturated heterocycles. The smallest absolute Gasteiger partial charge is 0.363 e. The van der Waals surface area contributed by atoms with Crippen LogP contribution in [0.1, 0.15) is 0 Å². The predicted molar refractivity (Wildman–Crippen MR) is 51.0 cm³/mol. The largest absolute Gasteiger partial charge is 0.405 e. The van der Waals surface area contributed by atoms with Crippen molar-refractivity contribution < 1.29 is 9.15 Å². The van der Waals surface area contributed by atoms with Crippen molar-refractivity contribution >= 4 is 12.8 Å². The molecule has 14 heavy (non-hydrogen) atoms. The monoisotopic (exact) mass is 196 g/mol. The lowest BCUT2D eigenvalue weighted by atomic mass is 10.4. The Kier molecular flexibility index (Phi) is 2.41. The second kappa shape index (κ2) is 3.71.